The molecule has 1 fully saturated rings. The third-order valence-electron chi connectivity index (χ3n) is 3.28. The summed E-state index contributed by atoms with van der Waals surface area (Å²) in [6.45, 7) is 0.521. The molecule has 17 heavy (non-hydrogen) atoms. The number of halogens is 1. The lowest BCUT2D eigenvalue weighted by Gasteiger charge is -2.40. The molecule has 1 aliphatic rings. The van der Waals surface area contributed by atoms with Gasteiger partial charge in [-0.3, -0.25) is 9.78 Å². The Labute approximate surface area is 105 Å². The second-order valence-electron chi connectivity index (χ2n) is 4.28. The zero-order chi connectivity index (χ0) is 12.3. The van der Waals surface area contributed by atoms with Gasteiger partial charge in [0.2, 0.25) is 0 Å². The Morgan fingerprint density at radius 2 is 2.41 bits per heavy atom. The van der Waals surface area contributed by atoms with E-state index in [2.05, 4.69) is 10.3 Å². The standard InChI is InChI=1S/C12H15ClN2O2/c1-17-12(4-2-5-12)8-15-11(16)9-7-14-6-3-10(9)13/h3,6-7H,2,4-5,8H2,1H3,(H,15,16). The van der Waals surface area contributed by atoms with Crippen LogP contribution >= 0.6 is 11.6 Å². The minimum absolute atomic E-state index is 0.176. The summed E-state index contributed by atoms with van der Waals surface area (Å²) >= 11 is 5.92. The van der Waals surface area contributed by atoms with E-state index >= 15 is 0 Å². The molecular weight excluding hydrogens is 240 g/mol. The second kappa shape index (κ2) is 5.02. The Balaban J connectivity index is 1.96. The number of carbonyl (C=O) groups excluding carboxylic acids is 1. The first-order valence-electron chi connectivity index (χ1n) is 5.60. The van der Waals surface area contributed by atoms with Gasteiger partial charge in [-0.25, -0.2) is 0 Å². The molecule has 0 saturated heterocycles. The third-order valence-corrected chi connectivity index (χ3v) is 3.61. The summed E-state index contributed by atoms with van der Waals surface area (Å²) in [5, 5.41) is 3.26. The van der Waals surface area contributed by atoms with Crippen LogP contribution in [0, 0.1) is 0 Å². The van der Waals surface area contributed by atoms with Gasteiger partial charge in [-0.05, 0) is 25.3 Å². The van der Waals surface area contributed by atoms with E-state index in [4.69, 9.17) is 16.3 Å². The van der Waals surface area contributed by atoms with Crippen LogP contribution in [0.5, 0.6) is 0 Å². The van der Waals surface area contributed by atoms with Crippen molar-refractivity contribution in [2.75, 3.05) is 13.7 Å². The molecule has 0 aliphatic heterocycles. The summed E-state index contributed by atoms with van der Waals surface area (Å²) in [6.07, 6.45) is 6.16. The van der Waals surface area contributed by atoms with Crippen molar-refractivity contribution in [3.8, 4) is 0 Å². The monoisotopic (exact) mass is 254 g/mol. The molecule has 0 atom stereocenters. The first-order chi connectivity index (χ1) is 8.17. The van der Waals surface area contributed by atoms with Gasteiger partial charge in [0.05, 0.1) is 16.2 Å². The summed E-state index contributed by atoms with van der Waals surface area (Å²) in [4.78, 5) is 15.8. The fourth-order valence-corrected chi connectivity index (χ4v) is 2.10. The fourth-order valence-electron chi connectivity index (χ4n) is 1.91. The molecule has 0 unspecified atom stereocenters. The molecule has 0 bridgehead atoms. The molecule has 5 heteroatoms. The number of pyridine rings is 1. The van der Waals surface area contributed by atoms with Gasteiger partial charge in [0.1, 0.15) is 0 Å². The van der Waals surface area contributed by atoms with E-state index in [9.17, 15) is 4.79 Å². The Morgan fingerprint density at radius 3 is 2.94 bits per heavy atom. The number of amides is 1. The van der Waals surface area contributed by atoms with Gasteiger partial charge >= 0.3 is 0 Å². The van der Waals surface area contributed by atoms with Gasteiger partial charge in [-0.15, -0.1) is 0 Å². The Hall–Kier alpha value is -1.13. The van der Waals surface area contributed by atoms with Crippen LogP contribution in [0.1, 0.15) is 29.6 Å². The number of hydrogen-bond donors (Lipinski definition) is 1. The van der Waals surface area contributed by atoms with Crippen molar-refractivity contribution in [2.24, 2.45) is 0 Å². The van der Waals surface area contributed by atoms with Gasteiger partial charge in [0, 0.05) is 26.0 Å². The fraction of sp³-hybridized carbons (Fsp3) is 0.500. The average molecular weight is 255 g/mol. The van der Waals surface area contributed by atoms with Crippen molar-refractivity contribution < 1.29 is 9.53 Å². The number of hydrogen-bond acceptors (Lipinski definition) is 3. The smallest absolute Gasteiger partial charge is 0.254 e. The Kier molecular flexibility index (Phi) is 3.64. The maximum Gasteiger partial charge on any atom is 0.254 e. The molecule has 1 amide bonds. The van der Waals surface area contributed by atoms with Crippen LogP contribution in [0.4, 0.5) is 0 Å². The minimum Gasteiger partial charge on any atom is -0.376 e. The zero-order valence-electron chi connectivity index (χ0n) is 9.70. The van der Waals surface area contributed by atoms with Gasteiger partial charge in [0.25, 0.3) is 5.91 Å². The highest BCUT2D eigenvalue weighted by molar-refractivity contribution is 6.33. The number of ether oxygens (including phenoxy) is 1. The highest BCUT2D eigenvalue weighted by Gasteiger charge is 2.37. The summed E-state index contributed by atoms with van der Waals surface area (Å²) < 4.78 is 5.43. The van der Waals surface area contributed by atoms with E-state index < -0.39 is 0 Å². The van der Waals surface area contributed by atoms with E-state index in [1.807, 2.05) is 0 Å². The Bertz CT molecular complexity index is 413. The maximum absolute atomic E-state index is 11.9. The molecule has 1 N–H and O–H groups in total. The van der Waals surface area contributed by atoms with Crippen molar-refractivity contribution in [3.63, 3.8) is 0 Å². The SMILES string of the molecule is COC1(CNC(=O)c2cnccc2Cl)CCC1. The number of methoxy groups -OCH3 is 1. The molecular formula is C12H15ClN2O2. The van der Waals surface area contributed by atoms with E-state index in [-0.39, 0.29) is 11.5 Å². The predicted molar refractivity (Wildman–Crippen MR) is 65.2 cm³/mol. The molecule has 2 rings (SSSR count). The largest absolute Gasteiger partial charge is 0.376 e. The lowest BCUT2D eigenvalue weighted by atomic mass is 9.80. The molecule has 0 spiro atoms. The van der Waals surface area contributed by atoms with Crippen molar-refractivity contribution in [3.05, 3.63) is 29.0 Å². The number of nitrogens with zero attached hydrogens (tertiary/aromatic N) is 1. The van der Waals surface area contributed by atoms with Crippen molar-refractivity contribution >= 4 is 17.5 Å². The average Bonchev–Trinajstić information content (AvgIpc) is 2.28. The van der Waals surface area contributed by atoms with Crippen molar-refractivity contribution in [1.82, 2.24) is 10.3 Å². The third kappa shape index (κ3) is 2.58. The Morgan fingerprint density at radius 1 is 1.65 bits per heavy atom. The van der Waals surface area contributed by atoms with Crippen LogP contribution in [-0.4, -0.2) is 30.1 Å². The van der Waals surface area contributed by atoms with Crippen LogP contribution < -0.4 is 5.32 Å². The second-order valence-corrected chi connectivity index (χ2v) is 4.69. The molecule has 1 saturated carbocycles. The van der Waals surface area contributed by atoms with Gasteiger partial charge < -0.3 is 10.1 Å². The molecule has 92 valence electrons. The molecule has 1 aliphatic carbocycles. The highest BCUT2D eigenvalue weighted by Crippen LogP contribution is 2.34. The van der Waals surface area contributed by atoms with E-state index in [1.165, 1.54) is 6.20 Å². The van der Waals surface area contributed by atoms with Crippen LogP contribution in [0.2, 0.25) is 5.02 Å². The van der Waals surface area contributed by atoms with Gasteiger partial charge in [0.15, 0.2) is 0 Å². The van der Waals surface area contributed by atoms with Crippen LogP contribution in [0.3, 0.4) is 0 Å². The molecule has 1 aromatic heterocycles. The van der Waals surface area contributed by atoms with E-state index in [0.717, 1.165) is 19.3 Å². The first-order valence-corrected chi connectivity index (χ1v) is 5.97. The topological polar surface area (TPSA) is 51.2 Å². The first kappa shape index (κ1) is 12.3. The maximum atomic E-state index is 11.9. The summed E-state index contributed by atoms with van der Waals surface area (Å²) in [5.74, 6) is -0.202. The highest BCUT2D eigenvalue weighted by atomic mass is 35.5. The van der Waals surface area contributed by atoms with Crippen molar-refractivity contribution in [2.45, 2.75) is 24.9 Å². The lowest BCUT2D eigenvalue weighted by Crippen LogP contribution is -2.49. The van der Waals surface area contributed by atoms with Gasteiger partial charge in [-0.2, -0.15) is 0 Å². The summed E-state index contributed by atoms with van der Waals surface area (Å²) in [7, 11) is 1.68. The molecule has 0 radical (unpaired) electrons. The quantitative estimate of drug-likeness (QED) is 0.895. The molecule has 4 nitrogen and oxygen atoms in total. The predicted octanol–water partition coefficient (Wildman–Crippen LogP) is 2.03. The van der Waals surface area contributed by atoms with E-state index in [0.29, 0.717) is 17.1 Å². The van der Waals surface area contributed by atoms with E-state index in [1.54, 1.807) is 19.4 Å². The molecule has 1 aromatic rings. The number of rotatable bonds is 4. The van der Waals surface area contributed by atoms with Crippen LogP contribution in [0.15, 0.2) is 18.5 Å². The van der Waals surface area contributed by atoms with Crippen LogP contribution in [0.25, 0.3) is 0 Å². The van der Waals surface area contributed by atoms with Crippen molar-refractivity contribution in [1.29, 1.82) is 0 Å². The summed E-state index contributed by atoms with van der Waals surface area (Å²) in [6, 6.07) is 1.60. The van der Waals surface area contributed by atoms with Crippen LogP contribution in [-0.2, 0) is 4.74 Å². The summed E-state index contributed by atoms with van der Waals surface area (Å²) in [5.41, 5.74) is 0.226. The number of aromatic nitrogens is 1. The lowest BCUT2D eigenvalue weighted by molar-refractivity contribution is -0.0679. The molecule has 1 heterocycles. The number of nitrogens with one attached hydrogen (secondary N) is 1. The zero-order valence-corrected chi connectivity index (χ0v) is 10.5. The number of carbonyl (C=O) groups is 1. The van der Waals surface area contributed by atoms with Gasteiger partial charge in [-0.1, -0.05) is 11.6 Å². The normalized spacial score (nSPS) is 17.3. The molecule has 0 aromatic carbocycles. The minimum atomic E-state index is -0.202.